The monoisotopic (exact) mass is 636 g/mol. The van der Waals surface area contributed by atoms with Crippen molar-refractivity contribution in [1.29, 1.82) is 0 Å². The molecule has 0 radical (unpaired) electrons. The van der Waals surface area contributed by atoms with Gasteiger partial charge in [-0.15, -0.1) is 0 Å². The van der Waals surface area contributed by atoms with Crippen LogP contribution in [0, 0.1) is 0 Å². The lowest BCUT2D eigenvalue weighted by Gasteiger charge is -2.24. The van der Waals surface area contributed by atoms with E-state index in [1.807, 2.05) is 67.0 Å². The Kier molecular flexibility index (Phi) is 8.62. The van der Waals surface area contributed by atoms with Crippen LogP contribution >= 0.6 is 11.6 Å². The molecule has 0 fully saturated rings. The van der Waals surface area contributed by atoms with E-state index in [2.05, 4.69) is 5.32 Å². The van der Waals surface area contributed by atoms with Crippen molar-refractivity contribution in [3.63, 3.8) is 0 Å². The number of carbonyl (C=O) groups excluding carboxylic acids is 3. The summed E-state index contributed by atoms with van der Waals surface area (Å²) < 4.78 is 7.58. The number of imide groups is 1. The Labute approximate surface area is 271 Å². The summed E-state index contributed by atoms with van der Waals surface area (Å²) in [5, 5.41) is 13.5. The summed E-state index contributed by atoms with van der Waals surface area (Å²) in [5.74, 6) is -0.702. The third-order valence-electron chi connectivity index (χ3n) is 7.87. The average Bonchev–Trinajstić information content (AvgIpc) is 3.57. The predicted octanol–water partition coefficient (Wildman–Crippen LogP) is 6.13. The molecule has 6 rings (SSSR count). The van der Waals surface area contributed by atoms with Gasteiger partial charge in [0, 0.05) is 35.6 Å². The van der Waals surface area contributed by atoms with Gasteiger partial charge < -0.3 is 19.6 Å². The molecule has 3 aromatic carbocycles. The van der Waals surface area contributed by atoms with Crippen molar-refractivity contribution in [3.05, 3.63) is 124 Å². The van der Waals surface area contributed by atoms with Gasteiger partial charge in [0.15, 0.2) is 0 Å². The number of aromatic nitrogens is 2. The number of hydrogen-bond donors (Lipinski definition) is 2. The molecule has 5 aromatic rings. The van der Waals surface area contributed by atoms with Gasteiger partial charge in [0.1, 0.15) is 11.4 Å². The fraction of sp³-hybridized carbons (Fsp3) is 0.222. The Morgan fingerprint density at radius 2 is 1.65 bits per heavy atom. The summed E-state index contributed by atoms with van der Waals surface area (Å²) in [6, 6.07) is 22.4. The van der Waals surface area contributed by atoms with Crippen molar-refractivity contribution in [3.8, 4) is 17.0 Å². The van der Waals surface area contributed by atoms with E-state index in [0.717, 1.165) is 22.4 Å². The first-order valence-corrected chi connectivity index (χ1v) is 15.4. The second-order valence-corrected chi connectivity index (χ2v) is 12.1. The SMILES string of the molecule is CC(C)Oc1ccc(C(=O)NC(Cc2ccc(-c3cn4cccc(C(C)O)c4n3)cc2)CN2C(=O)c3ccccc3C2=O)cc1Cl. The molecule has 2 N–H and O–H groups in total. The van der Waals surface area contributed by atoms with E-state index >= 15 is 0 Å². The zero-order valence-corrected chi connectivity index (χ0v) is 26.4. The highest BCUT2D eigenvalue weighted by Gasteiger charge is 2.36. The summed E-state index contributed by atoms with van der Waals surface area (Å²) in [6.45, 7) is 5.47. The minimum atomic E-state index is -0.655. The zero-order chi connectivity index (χ0) is 32.5. The molecule has 3 heterocycles. The highest BCUT2D eigenvalue weighted by atomic mass is 35.5. The summed E-state index contributed by atoms with van der Waals surface area (Å²) in [5.41, 5.74) is 4.96. The maximum atomic E-state index is 13.5. The number of aliphatic hydroxyl groups is 1. The number of aliphatic hydroxyl groups excluding tert-OH is 1. The number of hydrogen-bond acceptors (Lipinski definition) is 6. The maximum absolute atomic E-state index is 13.5. The van der Waals surface area contributed by atoms with Crippen LogP contribution < -0.4 is 10.1 Å². The first-order chi connectivity index (χ1) is 22.1. The van der Waals surface area contributed by atoms with Gasteiger partial charge in [0.25, 0.3) is 17.7 Å². The molecule has 3 amide bonds. The van der Waals surface area contributed by atoms with Gasteiger partial charge in [-0.2, -0.15) is 0 Å². The number of fused-ring (bicyclic) bond motifs is 2. The number of amides is 3. The van der Waals surface area contributed by atoms with Crippen molar-refractivity contribution >= 4 is 35.0 Å². The first kappa shape index (κ1) is 31.0. The smallest absolute Gasteiger partial charge is 0.261 e. The maximum Gasteiger partial charge on any atom is 0.261 e. The van der Waals surface area contributed by atoms with E-state index in [1.165, 1.54) is 4.90 Å². The molecule has 46 heavy (non-hydrogen) atoms. The molecule has 0 spiro atoms. The molecular formula is C36H33ClN4O5. The van der Waals surface area contributed by atoms with Crippen LogP contribution in [0.3, 0.4) is 0 Å². The standard InChI is InChI=1S/C36H33ClN4O5/c1-21(2)46-32-15-14-25(18-30(32)37)34(43)38-26(19-41-35(44)28-7-4-5-8-29(28)36(41)45)17-23-10-12-24(13-11-23)31-20-40-16-6-9-27(22(3)42)33(40)39-31/h4-16,18,20-22,26,42H,17,19H2,1-3H3,(H,38,43). The molecule has 0 saturated heterocycles. The molecule has 0 saturated carbocycles. The average molecular weight is 637 g/mol. The lowest BCUT2D eigenvalue weighted by atomic mass is 10.0. The zero-order valence-electron chi connectivity index (χ0n) is 25.6. The third-order valence-corrected chi connectivity index (χ3v) is 8.16. The van der Waals surface area contributed by atoms with Crippen molar-refractivity contribution in [1.82, 2.24) is 19.6 Å². The summed E-state index contributed by atoms with van der Waals surface area (Å²) in [4.78, 5) is 45.8. The highest BCUT2D eigenvalue weighted by molar-refractivity contribution is 6.32. The molecule has 2 aromatic heterocycles. The minimum absolute atomic E-state index is 0.0172. The molecule has 1 aliphatic rings. The lowest BCUT2D eigenvalue weighted by molar-refractivity contribution is 0.0628. The third kappa shape index (κ3) is 6.24. The van der Waals surface area contributed by atoms with E-state index in [1.54, 1.807) is 49.4 Å². The highest BCUT2D eigenvalue weighted by Crippen LogP contribution is 2.28. The van der Waals surface area contributed by atoms with Gasteiger partial charge in [-0.25, -0.2) is 4.98 Å². The van der Waals surface area contributed by atoms with Crippen LogP contribution in [0.4, 0.5) is 0 Å². The topological polar surface area (TPSA) is 113 Å². The quantitative estimate of drug-likeness (QED) is 0.178. The van der Waals surface area contributed by atoms with Crippen LogP contribution in [-0.4, -0.2) is 55.8 Å². The number of nitrogens with zero attached hydrogens (tertiary/aromatic N) is 3. The number of imidazole rings is 1. The molecule has 234 valence electrons. The van der Waals surface area contributed by atoms with Gasteiger partial charge in [0.2, 0.25) is 0 Å². The molecule has 9 nitrogen and oxygen atoms in total. The molecule has 2 unspecified atom stereocenters. The minimum Gasteiger partial charge on any atom is -0.489 e. The number of nitrogens with one attached hydrogen (secondary N) is 1. The number of halogens is 1. The van der Waals surface area contributed by atoms with E-state index < -0.39 is 29.9 Å². The van der Waals surface area contributed by atoms with Crippen LogP contribution in [0.5, 0.6) is 5.75 Å². The normalized spacial score (nSPS) is 14.1. The van der Waals surface area contributed by atoms with E-state index in [9.17, 15) is 19.5 Å². The van der Waals surface area contributed by atoms with Gasteiger partial charge in [-0.1, -0.05) is 54.1 Å². The second kappa shape index (κ2) is 12.8. The number of ether oxygens (including phenoxy) is 1. The molecule has 1 aliphatic heterocycles. The van der Waals surface area contributed by atoms with Gasteiger partial charge in [-0.3, -0.25) is 19.3 Å². The van der Waals surface area contributed by atoms with Crippen molar-refractivity contribution < 1.29 is 24.2 Å². The Balaban J connectivity index is 1.25. The van der Waals surface area contributed by atoms with Gasteiger partial charge in [0.05, 0.1) is 40.1 Å². The van der Waals surface area contributed by atoms with Crippen LogP contribution in [0.1, 0.15) is 69.1 Å². The Morgan fingerprint density at radius 1 is 0.957 bits per heavy atom. The van der Waals surface area contributed by atoms with Crippen LogP contribution in [0.2, 0.25) is 5.02 Å². The molecule has 2 atom stereocenters. The first-order valence-electron chi connectivity index (χ1n) is 15.1. The van der Waals surface area contributed by atoms with Crippen LogP contribution in [0.25, 0.3) is 16.9 Å². The molecule has 0 bridgehead atoms. The molecule has 0 aliphatic carbocycles. The Morgan fingerprint density at radius 3 is 2.28 bits per heavy atom. The predicted molar refractivity (Wildman–Crippen MR) is 175 cm³/mol. The molecular weight excluding hydrogens is 604 g/mol. The van der Waals surface area contributed by atoms with Gasteiger partial charge >= 0.3 is 0 Å². The van der Waals surface area contributed by atoms with Crippen molar-refractivity contribution in [2.24, 2.45) is 0 Å². The second-order valence-electron chi connectivity index (χ2n) is 11.6. The fourth-order valence-electron chi connectivity index (χ4n) is 5.64. The number of rotatable bonds is 10. The summed E-state index contributed by atoms with van der Waals surface area (Å²) in [7, 11) is 0. The van der Waals surface area contributed by atoms with E-state index in [0.29, 0.717) is 39.5 Å². The number of pyridine rings is 1. The summed E-state index contributed by atoms with van der Waals surface area (Å²) >= 11 is 6.40. The van der Waals surface area contributed by atoms with Gasteiger partial charge in [-0.05, 0) is 69.2 Å². The van der Waals surface area contributed by atoms with Crippen LogP contribution in [-0.2, 0) is 6.42 Å². The van der Waals surface area contributed by atoms with Crippen molar-refractivity contribution in [2.45, 2.75) is 45.4 Å². The number of carbonyl (C=O) groups is 3. The Hall–Kier alpha value is -4.99. The van der Waals surface area contributed by atoms with Crippen LogP contribution in [0.15, 0.2) is 91.3 Å². The lowest BCUT2D eigenvalue weighted by Crippen LogP contribution is -2.47. The largest absolute Gasteiger partial charge is 0.489 e. The molecule has 10 heteroatoms. The van der Waals surface area contributed by atoms with E-state index in [-0.39, 0.29) is 12.6 Å². The summed E-state index contributed by atoms with van der Waals surface area (Å²) in [6.07, 6.45) is 3.40. The number of benzene rings is 3. The fourth-order valence-corrected chi connectivity index (χ4v) is 5.87. The van der Waals surface area contributed by atoms with E-state index in [4.69, 9.17) is 21.3 Å². The Bertz CT molecular complexity index is 1920. The van der Waals surface area contributed by atoms with Crippen molar-refractivity contribution in [2.75, 3.05) is 6.54 Å².